The van der Waals surface area contributed by atoms with Gasteiger partial charge in [0.05, 0.1) is 16.1 Å². The van der Waals surface area contributed by atoms with E-state index in [0.29, 0.717) is 11.6 Å². The Balaban J connectivity index is 1.76. The van der Waals surface area contributed by atoms with Gasteiger partial charge in [0, 0.05) is 24.9 Å². The highest BCUT2D eigenvalue weighted by Gasteiger charge is 2.23. The van der Waals surface area contributed by atoms with E-state index in [0.717, 1.165) is 35.9 Å². The lowest BCUT2D eigenvalue weighted by Crippen LogP contribution is -2.24. The molecule has 1 saturated carbocycles. The predicted octanol–water partition coefficient (Wildman–Crippen LogP) is 2.68. The summed E-state index contributed by atoms with van der Waals surface area (Å²) in [7, 11) is -2.35. The number of nitrogens with one attached hydrogen (secondary N) is 2. The molecule has 1 aliphatic carbocycles. The number of halogens is 1. The van der Waals surface area contributed by atoms with E-state index in [-0.39, 0.29) is 16.0 Å². The van der Waals surface area contributed by atoms with Gasteiger partial charge in [0.25, 0.3) is 0 Å². The zero-order valence-corrected chi connectivity index (χ0v) is 15.4. The first-order valence-corrected chi connectivity index (χ1v) is 9.98. The fourth-order valence-corrected chi connectivity index (χ4v) is 4.30. The quantitative estimate of drug-likeness (QED) is 0.544. The van der Waals surface area contributed by atoms with Gasteiger partial charge in [-0.1, -0.05) is 18.0 Å². The molecule has 0 spiro atoms. The number of hydrogen-bond donors (Lipinski definition) is 3. The van der Waals surface area contributed by atoms with Gasteiger partial charge in [-0.05, 0) is 31.0 Å². The van der Waals surface area contributed by atoms with Crippen LogP contribution in [-0.4, -0.2) is 36.4 Å². The number of rotatable bonds is 5. The van der Waals surface area contributed by atoms with Crippen molar-refractivity contribution < 1.29 is 8.42 Å². The first-order valence-electron chi connectivity index (χ1n) is 7.95. The van der Waals surface area contributed by atoms with E-state index in [2.05, 4.69) is 20.3 Å². The molecule has 1 aromatic carbocycles. The molecule has 0 saturated heterocycles. The van der Waals surface area contributed by atoms with Crippen molar-refractivity contribution in [1.82, 2.24) is 9.97 Å². The van der Waals surface area contributed by atoms with Gasteiger partial charge < -0.3 is 16.0 Å². The highest BCUT2D eigenvalue weighted by molar-refractivity contribution is 8.07. The van der Waals surface area contributed by atoms with E-state index in [4.69, 9.17) is 17.3 Å². The van der Waals surface area contributed by atoms with Crippen molar-refractivity contribution in [3.8, 4) is 0 Å². The molecule has 134 valence electrons. The lowest BCUT2D eigenvalue weighted by atomic mass is 9.85. The summed E-state index contributed by atoms with van der Waals surface area (Å²) in [6.45, 7) is 0. The molecule has 7 nitrogen and oxygen atoms in total. The van der Waals surface area contributed by atoms with Crippen LogP contribution in [0.5, 0.6) is 0 Å². The number of aliphatic imine (C=N–C) groups is 1. The van der Waals surface area contributed by atoms with Gasteiger partial charge in [0.2, 0.25) is 9.84 Å². The number of hydrogen-bond acceptors (Lipinski definition) is 6. The number of aromatic amines is 1. The number of H-pyrrole nitrogens is 1. The van der Waals surface area contributed by atoms with Crippen LogP contribution in [0.3, 0.4) is 0 Å². The molecule has 1 aliphatic rings. The Morgan fingerprint density at radius 3 is 2.88 bits per heavy atom. The number of aromatic nitrogens is 2. The molecular formula is C16H20ClN5O2S. The molecule has 0 atom stereocenters. The molecule has 0 amide bonds. The fourth-order valence-electron chi connectivity index (χ4n) is 2.73. The molecule has 0 bridgehead atoms. The van der Waals surface area contributed by atoms with Crippen molar-refractivity contribution in [2.24, 2.45) is 10.7 Å². The summed E-state index contributed by atoms with van der Waals surface area (Å²) in [5.74, 6) is 1.18. The van der Waals surface area contributed by atoms with Crippen LogP contribution in [0.2, 0.25) is 0 Å². The van der Waals surface area contributed by atoms with Crippen LogP contribution in [0.15, 0.2) is 34.4 Å². The summed E-state index contributed by atoms with van der Waals surface area (Å²) < 4.78 is 24.7. The average molecular weight is 382 g/mol. The zero-order chi connectivity index (χ0) is 18.0. The molecule has 2 aromatic rings. The maximum Gasteiger partial charge on any atom is 0.214 e. The lowest BCUT2D eigenvalue weighted by Gasteiger charge is -2.22. The van der Waals surface area contributed by atoms with Crippen LogP contribution in [0.1, 0.15) is 31.0 Å². The molecule has 0 radical (unpaired) electrons. The first-order chi connectivity index (χ1) is 11.9. The third-order valence-corrected chi connectivity index (χ3v) is 6.24. The van der Waals surface area contributed by atoms with Gasteiger partial charge in [0.1, 0.15) is 11.7 Å². The minimum Gasteiger partial charge on any atom is -0.403 e. The van der Waals surface area contributed by atoms with E-state index in [9.17, 15) is 8.42 Å². The minimum absolute atomic E-state index is 0.0986. The standard InChI is InChI=1S/C16H20ClN5O2S/c1-19-16(12(17)8-18)25(23,24)9-20-11-5-6-13-14(7-11)22-15(21-13)10-3-2-4-10/h5-8,10,20H,2-4,9,18H2,1H3,(H,21,22). The Kier molecular flexibility index (Phi) is 5.01. The minimum atomic E-state index is -3.71. The monoisotopic (exact) mass is 381 g/mol. The molecule has 4 N–H and O–H groups in total. The van der Waals surface area contributed by atoms with Crippen LogP contribution in [0.4, 0.5) is 5.69 Å². The smallest absolute Gasteiger partial charge is 0.214 e. The molecule has 3 rings (SSSR count). The molecule has 1 aromatic heterocycles. The second-order valence-corrected chi connectivity index (χ2v) is 8.27. The Hall–Kier alpha value is -2.06. The van der Waals surface area contributed by atoms with Crippen molar-refractivity contribution in [1.29, 1.82) is 0 Å². The maximum absolute atomic E-state index is 12.3. The lowest BCUT2D eigenvalue weighted by molar-refractivity contribution is 0.405. The third-order valence-electron chi connectivity index (χ3n) is 4.31. The normalized spacial score (nSPS) is 16.9. The van der Waals surface area contributed by atoms with E-state index in [1.54, 1.807) is 6.07 Å². The number of nitrogens with two attached hydrogens (primary N) is 1. The molecule has 0 aliphatic heterocycles. The highest BCUT2D eigenvalue weighted by atomic mass is 35.5. The predicted molar refractivity (Wildman–Crippen MR) is 102 cm³/mol. The first kappa shape index (κ1) is 17.8. The number of imidazole rings is 1. The summed E-state index contributed by atoms with van der Waals surface area (Å²) in [5.41, 5.74) is 7.71. The van der Waals surface area contributed by atoms with Gasteiger partial charge >= 0.3 is 0 Å². The molecule has 1 heterocycles. The summed E-state index contributed by atoms with van der Waals surface area (Å²) in [5, 5.41) is 2.56. The number of anilines is 1. The van der Waals surface area contributed by atoms with Gasteiger partial charge in [-0.25, -0.2) is 13.4 Å². The van der Waals surface area contributed by atoms with Crippen LogP contribution in [-0.2, 0) is 9.84 Å². The van der Waals surface area contributed by atoms with Crippen molar-refractivity contribution in [3.05, 3.63) is 35.3 Å². The topological polar surface area (TPSA) is 113 Å². The SMILES string of the molecule is CN=C(C(Cl)=CN)S(=O)(=O)CNc1ccc2nc(C3CCC3)[nH]c2c1. The van der Waals surface area contributed by atoms with Crippen molar-refractivity contribution >= 4 is 43.2 Å². The molecular weight excluding hydrogens is 362 g/mol. The molecule has 25 heavy (non-hydrogen) atoms. The molecule has 9 heteroatoms. The van der Waals surface area contributed by atoms with Crippen LogP contribution in [0.25, 0.3) is 11.0 Å². The van der Waals surface area contributed by atoms with Gasteiger partial charge in [-0.15, -0.1) is 0 Å². The second-order valence-electron chi connectivity index (χ2n) is 5.96. The average Bonchev–Trinajstić information content (AvgIpc) is 2.93. The van der Waals surface area contributed by atoms with Gasteiger partial charge in [-0.2, -0.15) is 0 Å². The zero-order valence-electron chi connectivity index (χ0n) is 13.8. The van der Waals surface area contributed by atoms with Crippen LogP contribution in [0, 0.1) is 0 Å². The van der Waals surface area contributed by atoms with E-state index < -0.39 is 9.84 Å². The third kappa shape index (κ3) is 3.64. The van der Waals surface area contributed by atoms with Crippen molar-refractivity contribution in [2.45, 2.75) is 25.2 Å². The summed E-state index contributed by atoms with van der Waals surface area (Å²) in [6.07, 6.45) is 4.59. The van der Waals surface area contributed by atoms with E-state index in [1.165, 1.54) is 13.5 Å². The van der Waals surface area contributed by atoms with E-state index in [1.807, 2.05) is 12.1 Å². The molecule has 0 unspecified atom stereocenters. The number of benzene rings is 1. The summed E-state index contributed by atoms with van der Waals surface area (Å²) >= 11 is 5.81. The van der Waals surface area contributed by atoms with Gasteiger partial charge in [0.15, 0.2) is 5.04 Å². The van der Waals surface area contributed by atoms with Crippen LogP contribution < -0.4 is 11.1 Å². The van der Waals surface area contributed by atoms with Crippen molar-refractivity contribution in [3.63, 3.8) is 0 Å². The maximum atomic E-state index is 12.3. The number of nitrogens with zero attached hydrogens (tertiary/aromatic N) is 2. The Bertz CT molecular complexity index is 945. The number of sulfone groups is 1. The Morgan fingerprint density at radius 2 is 2.28 bits per heavy atom. The Morgan fingerprint density at radius 1 is 1.52 bits per heavy atom. The fraction of sp³-hybridized carbons (Fsp3) is 0.375. The number of fused-ring (bicyclic) bond motifs is 1. The summed E-state index contributed by atoms with van der Waals surface area (Å²) in [4.78, 5) is 11.6. The van der Waals surface area contributed by atoms with Gasteiger partial charge in [-0.3, -0.25) is 4.99 Å². The van der Waals surface area contributed by atoms with Crippen molar-refractivity contribution in [2.75, 3.05) is 18.2 Å². The summed E-state index contributed by atoms with van der Waals surface area (Å²) in [6, 6.07) is 5.51. The largest absolute Gasteiger partial charge is 0.403 e. The second kappa shape index (κ2) is 7.05. The Labute approximate surface area is 151 Å². The van der Waals surface area contributed by atoms with Crippen LogP contribution >= 0.6 is 11.6 Å². The highest BCUT2D eigenvalue weighted by Crippen LogP contribution is 2.35. The molecule has 1 fully saturated rings. The van der Waals surface area contributed by atoms with E-state index >= 15 is 0 Å².